The van der Waals surface area contributed by atoms with Crippen molar-refractivity contribution < 1.29 is 4.74 Å². The summed E-state index contributed by atoms with van der Waals surface area (Å²) in [5.41, 5.74) is 1.19. The summed E-state index contributed by atoms with van der Waals surface area (Å²) in [4.78, 5) is 4.62. The third-order valence-electron chi connectivity index (χ3n) is 3.97. The first-order valence-corrected chi connectivity index (χ1v) is 9.08. The Morgan fingerprint density at radius 2 is 2.04 bits per heavy atom. The number of hydrogen-bond donors (Lipinski definition) is 2. The molecule has 0 aliphatic rings. The lowest BCUT2D eigenvalue weighted by atomic mass is 10.1. The summed E-state index contributed by atoms with van der Waals surface area (Å²) in [6, 6.07) is 7.89. The lowest BCUT2D eigenvalue weighted by Crippen LogP contribution is -2.39. The molecular weight excluding hydrogens is 479 g/mol. The molecule has 150 valence electrons. The van der Waals surface area contributed by atoms with Gasteiger partial charge in [0.1, 0.15) is 12.4 Å². The molecule has 1 aromatic carbocycles. The fourth-order valence-electron chi connectivity index (χ4n) is 2.35. The van der Waals surface area contributed by atoms with E-state index in [4.69, 9.17) is 16.3 Å². The molecule has 1 heterocycles. The van der Waals surface area contributed by atoms with E-state index < -0.39 is 0 Å². The van der Waals surface area contributed by atoms with Gasteiger partial charge in [0, 0.05) is 38.9 Å². The maximum Gasteiger partial charge on any atom is 0.191 e. The highest BCUT2D eigenvalue weighted by Crippen LogP contribution is 2.10. The number of aliphatic imine (C=N–C) groups is 1. The van der Waals surface area contributed by atoms with Crippen molar-refractivity contribution in [2.75, 3.05) is 26.8 Å². The first-order chi connectivity index (χ1) is 12.6. The summed E-state index contributed by atoms with van der Waals surface area (Å²) in [6.07, 6.45) is 1.77. The van der Waals surface area contributed by atoms with Crippen molar-refractivity contribution in [3.05, 3.63) is 46.5 Å². The highest BCUT2D eigenvalue weighted by Gasteiger charge is 2.05. The highest BCUT2D eigenvalue weighted by atomic mass is 127. The molecule has 0 saturated heterocycles. The number of aryl methyl sites for hydroxylation is 1. The van der Waals surface area contributed by atoms with Crippen molar-refractivity contribution in [1.82, 2.24) is 25.4 Å². The number of aromatic nitrogens is 3. The van der Waals surface area contributed by atoms with E-state index in [1.54, 1.807) is 7.11 Å². The average Bonchev–Trinajstić information content (AvgIpc) is 2.94. The molecule has 7 nitrogen and oxygen atoms in total. The van der Waals surface area contributed by atoms with Gasteiger partial charge in [-0.05, 0) is 37.5 Å². The minimum absolute atomic E-state index is 0. The fraction of sp³-hybridized carbons (Fsp3) is 0.500. The van der Waals surface area contributed by atoms with Crippen LogP contribution in [-0.4, -0.2) is 47.5 Å². The third-order valence-corrected chi connectivity index (χ3v) is 4.21. The summed E-state index contributed by atoms with van der Waals surface area (Å²) in [5.74, 6) is 2.46. The Kier molecular flexibility index (Phi) is 11.3. The van der Waals surface area contributed by atoms with Gasteiger partial charge in [-0.25, -0.2) is 4.99 Å². The number of nitrogens with zero attached hydrogens (tertiary/aromatic N) is 4. The molecular formula is C18H28ClIN6O. The van der Waals surface area contributed by atoms with Crippen LogP contribution in [0.4, 0.5) is 0 Å². The number of nitrogens with one attached hydrogen (secondary N) is 2. The number of halogens is 2. The smallest absolute Gasteiger partial charge is 0.191 e. The molecule has 2 aromatic rings. The zero-order valence-electron chi connectivity index (χ0n) is 16.0. The van der Waals surface area contributed by atoms with Gasteiger partial charge >= 0.3 is 0 Å². The second-order valence-corrected chi connectivity index (χ2v) is 6.40. The molecule has 0 bridgehead atoms. The Morgan fingerprint density at radius 3 is 2.70 bits per heavy atom. The quantitative estimate of drug-likeness (QED) is 0.237. The minimum atomic E-state index is 0. The summed E-state index contributed by atoms with van der Waals surface area (Å²) in [7, 11) is 3.65. The van der Waals surface area contributed by atoms with E-state index in [-0.39, 0.29) is 24.0 Å². The molecule has 0 radical (unpaired) electrons. The highest BCUT2D eigenvalue weighted by molar-refractivity contribution is 14.0. The number of ether oxygens (including phenoxy) is 1. The topological polar surface area (TPSA) is 76.4 Å². The van der Waals surface area contributed by atoms with Gasteiger partial charge in [0.25, 0.3) is 0 Å². The largest absolute Gasteiger partial charge is 0.385 e. The van der Waals surface area contributed by atoms with Gasteiger partial charge in [0.15, 0.2) is 11.8 Å². The maximum absolute atomic E-state index is 6.04. The Balaban J connectivity index is 0.00000364. The molecule has 27 heavy (non-hydrogen) atoms. The zero-order valence-corrected chi connectivity index (χ0v) is 19.1. The Bertz CT molecular complexity index is 722. The summed E-state index contributed by atoms with van der Waals surface area (Å²) in [6.45, 7) is 4.65. The van der Waals surface area contributed by atoms with E-state index in [9.17, 15) is 0 Å². The molecule has 2 N–H and O–H groups in total. The minimum Gasteiger partial charge on any atom is -0.385 e. The molecule has 0 fully saturated rings. The predicted molar refractivity (Wildman–Crippen MR) is 120 cm³/mol. The molecule has 1 aromatic heterocycles. The van der Waals surface area contributed by atoms with Crippen molar-refractivity contribution in [2.45, 2.75) is 26.3 Å². The van der Waals surface area contributed by atoms with Crippen molar-refractivity contribution >= 4 is 41.5 Å². The van der Waals surface area contributed by atoms with Gasteiger partial charge in [-0.15, -0.1) is 34.2 Å². The number of guanidine groups is 1. The van der Waals surface area contributed by atoms with Crippen LogP contribution in [-0.2, 0) is 24.8 Å². The standard InChI is InChI=1S/C18H27ClN6O.HI/c1-14-23-24-17(25(14)2)13-22-18(20-9-5-11-26-3)21-10-8-15-6-4-7-16(19)12-15;/h4,6-7,12H,5,8-11,13H2,1-3H3,(H2,20,21,22);1H. The van der Waals surface area contributed by atoms with E-state index in [1.165, 1.54) is 5.56 Å². The molecule has 2 rings (SSSR count). The van der Waals surface area contributed by atoms with Crippen molar-refractivity contribution in [2.24, 2.45) is 12.0 Å². The van der Waals surface area contributed by atoms with E-state index in [2.05, 4.69) is 31.9 Å². The fourth-order valence-corrected chi connectivity index (χ4v) is 2.57. The summed E-state index contributed by atoms with van der Waals surface area (Å²) < 4.78 is 7.03. The predicted octanol–water partition coefficient (Wildman–Crippen LogP) is 2.71. The zero-order chi connectivity index (χ0) is 18.8. The van der Waals surface area contributed by atoms with Crippen LogP contribution in [0.15, 0.2) is 29.3 Å². The number of rotatable bonds is 9. The van der Waals surface area contributed by atoms with Gasteiger partial charge < -0.3 is 19.9 Å². The Hall–Kier alpha value is -1.39. The second kappa shape index (κ2) is 12.9. The molecule has 0 saturated carbocycles. The molecule has 0 aliphatic carbocycles. The molecule has 0 spiro atoms. The van der Waals surface area contributed by atoms with Gasteiger partial charge in [0.2, 0.25) is 0 Å². The van der Waals surface area contributed by atoms with E-state index >= 15 is 0 Å². The maximum atomic E-state index is 6.04. The van der Waals surface area contributed by atoms with Crippen LogP contribution in [0.25, 0.3) is 0 Å². The normalized spacial score (nSPS) is 11.2. The monoisotopic (exact) mass is 506 g/mol. The molecule has 0 atom stereocenters. The van der Waals surface area contributed by atoms with E-state index in [0.717, 1.165) is 48.6 Å². The van der Waals surface area contributed by atoms with Crippen LogP contribution in [0.2, 0.25) is 5.02 Å². The first kappa shape index (κ1) is 23.6. The molecule has 9 heteroatoms. The van der Waals surface area contributed by atoms with Crippen molar-refractivity contribution in [3.63, 3.8) is 0 Å². The Labute approximate surface area is 183 Å². The number of hydrogen-bond acceptors (Lipinski definition) is 4. The Morgan fingerprint density at radius 1 is 1.26 bits per heavy atom. The van der Waals surface area contributed by atoms with Crippen LogP contribution in [0, 0.1) is 6.92 Å². The molecule has 0 amide bonds. The molecule has 0 unspecified atom stereocenters. The summed E-state index contributed by atoms with van der Waals surface area (Å²) in [5, 5.41) is 15.7. The van der Waals surface area contributed by atoms with Crippen LogP contribution in [0.1, 0.15) is 23.6 Å². The molecule has 0 aliphatic heterocycles. The van der Waals surface area contributed by atoms with Crippen molar-refractivity contribution in [3.8, 4) is 0 Å². The van der Waals surface area contributed by atoms with E-state index in [1.807, 2.05) is 36.7 Å². The van der Waals surface area contributed by atoms with Crippen LogP contribution in [0.5, 0.6) is 0 Å². The van der Waals surface area contributed by atoms with Gasteiger partial charge in [-0.1, -0.05) is 23.7 Å². The SMILES string of the molecule is COCCCNC(=NCc1nnc(C)n1C)NCCc1cccc(Cl)c1.I. The first-order valence-electron chi connectivity index (χ1n) is 8.70. The summed E-state index contributed by atoms with van der Waals surface area (Å²) >= 11 is 6.04. The van der Waals surface area contributed by atoms with Gasteiger partial charge in [0.05, 0.1) is 0 Å². The van der Waals surface area contributed by atoms with E-state index in [0.29, 0.717) is 13.2 Å². The van der Waals surface area contributed by atoms with Gasteiger partial charge in [-0.3, -0.25) is 0 Å². The number of methoxy groups -OCH3 is 1. The van der Waals surface area contributed by atoms with Crippen LogP contribution in [0.3, 0.4) is 0 Å². The van der Waals surface area contributed by atoms with Crippen LogP contribution >= 0.6 is 35.6 Å². The lowest BCUT2D eigenvalue weighted by molar-refractivity contribution is 0.195. The third kappa shape index (κ3) is 8.44. The van der Waals surface area contributed by atoms with Crippen molar-refractivity contribution in [1.29, 1.82) is 0 Å². The lowest BCUT2D eigenvalue weighted by Gasteiger charge is -2.13. The number of benzene rings is 1. The average molecular weight is 507 g/mol. The van der Waals surface area contributed by atoms with Crippen LogP contribution < -0.4 is 10.6 Å². The second-order valence-electron chi connectivity index (χ2n) is 5.97. The van der Waals surface area contributed by atoms with Gasteiger partial charge in [-0.2, -0.15) is 0 Å².